The van der Waals surface area contributed by atoms with Crippen LogP contribution in [-0.2, 0) is 0 Å². The number of nitrogens with zero attached hydrogens (tertiary/aromatic N) is 1. The molecule has 0 amide bonds. The number of benzene rings is 2. The second-order valence-corrected chi connectivity index (χ2v) is 6.29. The second kappa shape index (κ2) is 8.72. The molecule has 1 aliphatic rings. The van der Waals surface area contributed by atoms with Gasteiger partial charge in [-0.1, -0.05) is 67.3 Å². The summed E-state index contributed by atoms with van der Waals surface area (Å²) in [5.41, 5.74) is 6.51. The maximum atomic E-state index is 4.28. The number of hydrogen-bond donors (Lipinski definition) is 1. The van der Waals surface area contributed by atoms with E-state index in [9.17, 15) is 0 Å². The van der Waals surface area contributed by atoms with Crippen LogP contribution in [0.5, 0.6) is 0 Å². The summed E-state index contributed by atoms with van der Waals surface area (Å²) in [7, 11) is 0. The van der Waals surface area contributed by atoms with E-state index in [0.717, 1.165) is 28.2 Å². The van der Waals surface area contributed by atoms with Gasteiger partial charge in [-0.25, -0.2) is 0 Å². The van der Waals surface area contributed by atoms with Gasteiger partial charge in [-0.15, -0.1) is 0 Å². The minimum Gasteiger partial charge on any atom is -0.362 e. The van der Waals surface area contributed by atoms with Crippen LogP contribution in [0.25, 0.3) is 5.57 Å². The highest BCUT2D eigenvalue weighted by Gasteiger charge is 2.14. The zero-order valence-electron chi connectivity index (χ0n) is 15.6. The molecule has 0 saturated heterocycles. The summed E-state index contributed by atoms with van der Waals surface area (Å²) in [4.78, 5) is 2.19. The first kappa shape index (κ1) is 18.3. The Labute approximate surface area is 161 Å². The molecule has 1 aliphatic heterocycles. The molecule has 2 heteroatoms. The van der Waals surface area contributed by atoms with Gasteiger partial charge < -0.3 is 10.2 Å². The molecular weight excluding hydrogens is 328 g/mol. The van der Waals surface area contributed by atoms with Crippen molar-refractivity contribution in [2.45, 2.75) is 6.92 Å². The molecule has 2 nitrogen and oxygen atoms in total. The highest BCUT2D eigenvalue weighted by molar-refractivity contribution is 5.86. The van der Waals surface area contributed by atoms with Crippen molar-refractivity contribution in [2.75, 3.05) is 4.90 Å². The van der Waals surface area contributed by atoms with Gasteiger partial charge in [0.05, 0.1) is 5.69 Å². The summed E-state index contributed by atoms with van der Waals surface area (Å²) in [5, 5.41) is 3.31. The molecular formula is C25H24N2. The minimum absolute atomic E-state index is 0.963. The molecule has 1 heterocycles. The number of nitrogens with one attached hydrogen (secondary N) is 1. The number of para-hydroxylation sites is 1. The van der Waals surface area contributed by atoms with E-state index in [0.29, 0.717) is 0 Å². The molecule has 134 valence electrons. The van der Waals surface area contributed by atoms with E-state index in [1.165, 1.54) is 5.56 Å². The van der Waals surface area contributed by atoms with Gasteiger partial charge >= 0.3 is 0 Å². The minimum atomic E-state index is 0.963. The molecule has 0 atom stereocenters. The van der Waals surface area contributed by atoms with Crippen LogP contribution in [0.3, 0.4) is 0 Å². The highest BCUT2D eigenvalue weighted by Crippen LogP contribution is 2.34. The first-order valence-electron chi connectivity index (χ1n) is 8.94. The van der Waals surface area contributed by atoms with Gasteiger partial charge in [-0.2, -0.15) is 0 Å². The molecule has 0 unspecified atom stereocenters. The monoisotopic (exact) mass is 352 g/mol. The van der Waals surface area contributed by atoms with Crippen molar-refractivity contribution >= 4 is 16.9 Å². The number of anilines is 2. The molecule has 3 rings (SSSR count). The largest absolute Gasteiger partial charge is 0.362 e. The maximum absolute atomic E-state index is 4.28. The number of aryl methyl sites for hydroxylation is 1. The first-order chi connectivity index (χ1) is 13.2. The highest BCUT2D eigenvalue weighted by atomic mass is 15.1. The SMILES string of the molecule is C=C/C=C\C=C/NC1=C/C(=C)c2ccccc2N(c2ccc(C)cc2)/C=C\1. The molecule has 0 spiro atoms. The third-order valence-electron chi connectivity index (χ3n) is 4.26. The van der Waals surface area contributed by atoms with Gasteiger partial charge in [0.15, 0.2) is 0 Å². The van der Waals surface area contributed by atoms with Crippen LogP contribution in [0.2, 0.25) is 0 Å². The Morgan fingerprint density at radius 2 is 1.74 bits per heavy atom. The molecule has 27 heavy (non-hydrogen) atoms. The summed E-state index contributed by atoms with van der Waals surface area (Å²) in [5.74, 6) is 0. The zero-order valence-corrected chi connectivity index (χ0v) is 15.6. The van der Waals surface area contributed by atoms with Crippen LogP contribution < -0.4 is 10.2 Å². The zero-order chi connectivity index (χ0) is 19.1. The van der Waals surface area contributed by atoms with Gasteiger partial charge in [0.1, 0.15) is 0 Å². The Bertz CT molecular complexity index is 941. The van der Waals surface area contributed by atoms with Crippen molar-refractivity contribution in [1.29, 1.82) is 0 Å². The average molecular weight is 352 g/mol. The lowest BCUT2D eigenvalue weighted by molar-refractivity contribution is 1.10. The van der Waals surface area contributed by atoms with E-state index in [1.807, 2.05) is 30.5 Å². The third-order valence-corrected chi connectivity index (χ3v) is 4.26. The Balaban J connectivity index is 1.98. The summed E-state index contributed by atoms with van der Waals surface area (Å²) in [6.45, 7) is 10.0. The fourth-order valence-corrected chi connectivity index (χ4v) is 2.87. The molecule has 2 aromatic carbocycles. The second-order valence-electron chi connectivity index (χ2n) is 6.29. The first-order valence-corrected chi connectivity index (χ1v) is 8.94. The van der Waals surface area contributed by atoms with E-state index in [-0.39, 0.29) is 0 Å². The van der Waals surface area contributed by atoms with Crippen LogP contribution in [0.4, 0.5) is 11.4 Å². The van der Waals surface area contributed by atoms with E-state index in [4.69, 9.17) is 0 Å². The lowest BCUT2D eigenvalue weighted by Crippen LogP contribution is -2.14. The molecule has 2 aromatic rings. The quantitative estimate of drug-likeness (QED) is 0.626. The number of allylic oxidation sites excluding steroid dienone is 7. The van der Waals surface area contributed by atoms with Crippen molar-refractivity contribution < 1.29 is 0 Å². The van der Waals surface area contributed by atoms with Gasteiger partial charge in [0, 0.05) is 29.3 Å². The number of rotatable bonds is 5. The van der Waals surface area contributed by atoms with Crippen molar-refractivity contribution in [2.24, 2.45) is 0 Å². The van der Waals surface area contributed by atoms with Crippen LogP contribution >= 0.6 is 0 Å². The summed E-state index contributed by atoms with van der Waals surface area (Å²) in [6.07, 6.45) is 15.6. The Morgan fingerprint density at radius 1 is 0.963 bits per heavy atom. The van der Waals surface area contributed by atoms with Crippen LogP contribution in [0, 0.1) is 6.92 Å². The molecule has 0 aromatic heterocycles. The predicted molar refractivity (Wildman–Crippen MR) is 118 cm³/mol. The lowest BCUT2D eigenvalue weighted by Gasteiger charge is -2.26. The average Bonchev–Trinajstić information content (AvgIpc) is 2.68. The van der Waals surface area contributed by atoms with Gasteiger partial charge in [-0.3, -0.25) is 0 Å². The van der Waals surface area contributed by atoms with Gasteiger partial charge in [0.25, 0.3) is 0 Å². The molecule has 1 N–H and O–H groups in total. The van der Waals surface area contributed by atoms with Crippen molar-refractivity contribution in [3.05, 3.63) is 127 Å². The molecule has 0 fully saturated rings. The normalized spacial score (nSPS) is 17.1. The fraction of sp³-hybridized carbons (Fsp3) is 0.0400. The van der Waals surface area contributed by atoms with Gasteiger partial charge in [0.2, 0.25) is 0 Å². The van der Waals surface area contributed by atoms with Gasteiger partial charge in [-0.05, 0) is 48.9 Å². The fourth-order valence-electron chi connectivity index (χ4n) is 2.87. The standard InChI is InChI=1S/C25H24N2/c1-4-5-6-9-17-26-22-16-18-27(23-14-12-20(2)13-15-23)25-11-8-7-10-24(25)21(3)19-22/h4-19,26H,1,3H2,2H3/b6-5-,17-9-,18-16-,22-19+. The Hall–Kier alpha value is -3.52. The topological polar surface area (TPSA) is 15.3 Å². The summed E-state index contributed by atoms with van der Waals surface area (Å²) < 4.78 is 0. The molecule has 0 aliphatic carbocycles. The predicted octanol–water partition coefficient (Wildman–Crippen LogP) is 6.40. The van der Waals surface area contributed by atoms with E-state index < -0.39 is 0 Å². The van der Waals surface area contributed by atoms with E-state index in [1.54, 1.807) is 6.08 Å². The summed E-state index contributed by atoms with van der Waals surface area (Å²) in [6, 6.07) is 16.9. The van der Waals surface area contributed by atoms with E-state index in [2.05, 4.69) is 91.1 Å². The van der Waals surface area contributed by atoms with E-state index >= 15 is 0 Å². The Kier molecular flexibility index (Phi) is 5.91. The Morgan fingerprint density at radius 3 is 2.52 bits per heavy atom. The number of fused-ring (bicyclic) bond motifs is 1. The van der Waals surface area contributed by atoms with Crippen molar-refractivity contribution in [1.82, 2.24) is 5.32 Å². The van der Waals surface area contributed by atoms with Crippen molar-refractivity contribution in [3.63, 3.8) is 0 Å². The van der Waals surface area contributed by atoms with Crippen LogP contribution in [0.15, 0.2) is 116 Å². The molecule has 0 saturated carbocycles. The van der Waals surface area contributed by atoms with Crippen LogP contribution in [0.1, 0.15) is 11.1 Å². The summed E-state index contributed by atoms with van der Waals surface area (Å²) >= 11 is 0. The smallest absolute Gasteiger partial charge is 0.0533 e. The van der Waals surface area contributed by atoms with Crippen molar-refractivity contribution in [3.8, 4) is 0 Å². The molecule has 0 radical (unpaired) electrons. The maximum Gasteiger partial charge on any atom is 0.0533 e. The van der Waals surface area contributed by atoms with Crippen LogP contribution in [-0.4, -0.2) is 0 Å². The molecule has 0 bridgehead atoms. The third kappa shape index (κ3) is 4.56. The number of hydrogen-bond acceptors (Lipinski definition) is 2. The lowest BCUT2D eigenvalue weighted by atomic mass is 10.0.